The van der Waals surface area contributed by atoms with Gasteiger partial charge in [0.2, 0.25) is 0 Å². The van der Waals surface area contributed by atoms with E-state index in [0.29, 0.717) is 12.4 Å². The Balaban J connectivity index is 2.28. The van der Waals surface area contributed by atoms with Crippen LogP contribution in [0.4, 0.5) is 0 Å². The van der Waals surface area contributed by atoms with Crippen LogP contribution in [0.25, 0.3) is 10.5 Å². The van der Waals surface area contributed by atoms with E-state index in [0.717, 1.165) is 10.8 Å². The SMILES string of the molecule is CCOC(=O)C1=c2ccsc2=C(c2c(C)cc(C)cc2C)SC1. The van der Waals surface area contributed by atoms with Gasteiger partial charge in [-0.15, -0.1) is 23.1 Å². The molecule has 120 valence electrons. The van der Waals surface area contributed by atoms with Crippen molar-refractivity contribution < 1.29 is 9.53 Å². The molecule has 0 aliphatic carbocycles. The summed E-state index contributed by atoms with van der Waals surface area (Å²) in [6, 6.07) is 6.51. The Morgan fingerprint density at radius 3 is 2.57 bits per heavy atom. The maximum atomic E-state index is 12.2. The third-order valence-electron chi connectivity index (χ3n) is 3.98. The number of fused-ring (bicyclic) bond motifs is 1. The summed E-state index contributed by atoms with van der Waals surface area (Å²) in [5.41, 5.74) is 5.98. The summed E-state index contributed by atoms with van der Waals surface area (Å²) < 4.78 is 6.41. The number of thiophene rings is 1. The normalized spacial score (nSPS) is 13.9. The summed E-state index contributed by atoms with van der Waals surface area (Å²) in [4.78, 5) is 13.5. The highest BCUT2D eigenvalue weighted by Gasteiger charge is 2.22. The van der Waals surface area contributed by atoms with Crippen LogP contribution in [0.5, 0.6) is 0 Å². The highest BCUT2D eigenvalue weighted by Crippen LogP contribution is 2.33. The molecule has 1 aromatic heterocycles. The Bertz CT molecular complexity index is 867. The smallest absolute Gasteiger partial charge is 0.335 e. The molecular formula is C19H20O2S2. The lowest BCUT2D eigenvalue weighted by molar-refractivity contribution is -0.136. The van der Waals surface area contributed by atoms with E-state index < -0.39 is 0 Å². The molecule has 2 nitrogen and oxygen atoms in total. The molecule has 3 rings (SSSR count). The number of rotatable bonds is 3. The van der Waals surface area contributed by atoms with Gasteiger partial charge in [-0.05, 0) is 55.8 Å². The van der Waals surface area contributed by atoms with Gasteiger partial charge in [0.15, 0.2) is 0 Å². The first-order valence-corrected chi connectivity index (χ1v) is 9.58. The van der Waals surface area contributed by atoms with E-state index in [2.05, 4.69) is 38.3 Å². The lowest BCUT2D eigenvalue weighted by Crippen LogP contribution is -2.31. The number of thioether (sulfide) groups is 1. The fourth-order valence-electron chi connectivity index (χ4n) is 3.12. The zero-order chi connectivity index (χ0) is 16.6. The van der Waals surface area contributed by atoms with E-state index in [4.69, 9.17) is 4.74 Å². The van der Waals surface area contributed by atoms with Crippen LogP contribution in [0.1, 0.15) is 29.2 Å². The standard InChI is InChI=1S/C19H20O2S2/c1-5-21-19(20)15-10-23-18(17-14(15)6-7-22-17)16-12(3)8-11(2)9-13(16)4/h6-9H,5,10H2,1-4H3. The molecule has 0 saturated heterocycles. The Kier molecular flexibility index (Phi) is 4.64. The van der Waals surface area contributed by atoms with Crippen LogP contribution in [0, 0.1) is 20.8 Å². The molecule has 2 aromatic rings. The summed E-state index contributed by atoms with van der Waals surface area (Å²) in [5, 5.41) is 3.11. The zero-order valence-corrected chi connectivity index (χ0v) is 15.5. The molecule has 0 radical (unpaired) electrons. The highest BCUT2D eigenvalue weighted by molar-refractivity contribution is 8.08. The van der Waals surface area contributed by atoms with Crippen molar-refractivity contribution in [3.63, 3.8) is 0 Å². The van der Waals surface area contributed by atoms with Crippen molar-refractivity contribution in [2.24, 2.45) is 0 Å². The number of ether oxygens (including phenoxy) is 1. The summed E-state index contributed by atoms with van der Waals surface area (Å²) >= 11 is 3.45. The van der Waals surface area contributed by atoms with Gasteiger partial charge in [0.25, 0.3) is 0 Å². The maximum Gasteiger partial charge on any atom is 0.335 e. The van der Waals surface area contributed by atoms with Crippen molar-refractivity contribution in [3.8, 4) is 0 Å². The Morgan fingerprint density at radius 2 is 1.91 bits per heavy atom. The number of carbonyl (C=O) groups excluding carboxylic acids is 1. The minimum atomic E-state index is -0.184. The Morgan fingerprint density at radius 1 is 1.22 bits per heavy atom. The van der Waals surface area contributed by atoms with Crippen LogP contribution in [-0.2, 0) is 9.53 Å². The first kappa shape index (κ1) is 16.3. The van der Waals surface area contributed by atoms with Gasteiger partial charge < -0.3 is 4.74 Å². The highest BCUT2D eigenvalue weighted by atomic mass is 32.2. The fourth-order valence-corrected chi connectivity index (χ4v) is 5.58. The molecule has 1 aromatic carbocycles. The second-order valence-corrected chi connectivity index (χ2v) is 7.66. The quantitative estimate of drug-likeness (QED) is 0.799. The van der Waals surface area contributed by atoms with E-state index in [1.165, 1.54) is 31.7 Å². The van der Waals surface area contributed by atoms with Gasteiger partial charge in [-0.3, -0.25) is 0 Å². The van der Waals surface area contributed by atoms with Gasteiger partial charge in [0.05, 0.1) is 12.2 Å². The monoisotopic (exact) mass is 344 g/mol. The van der Waals surface area contributed by atoms with Gasteiger partial charge in [-0.2, -0.15) is 0 Å². The minimum absolute atomic E-state index is 0.184. The first-order chi connectivity index (χ1) is 11.0. The summed E-state index contributed by atoms with van der Waals surface area (Å²) in [6.45, 7) is 8.73. The number of hydrogen-bond acceptors (Lipinski definition) is 4. The van der Waals surface area contributed by atoms with Crippen LogP contribution >= 0.6 is 23.1 Å². The van der Waals surface area contributed by atoms with Crippen molar-refractivity contribution in [2.45, 2.75) is 27.7 Å². The molecule has 0 amide bonds. The van der Waals surface area contributed by atoms with Crippen LogP contribution < -0.4 is 9.75 Å². The van der Waals surface area contributed by atoms with Gasteiger partial charge in [-0.1, -0.05) is 17.7 Å². The zero-order valence-electron chi connectivity index (χ0n) is 13.9. The van der Waals surface area contributed by atoms with Crippen LogP contribution in [-0.4, -0.2) is 18.3 Å². The molecule has 23 heavy (non-hydrogen) atoms. The number of aryl methyl sites for hydroxylation is 3. The topological polar surface area (TPSA) is 26.3 Å². The third-order valence-corrected chi connectivity index (χ3v) is 6.17. The Labute approximate surface area is 144 Å². The van der Waals surface area contributed by atoms with Gasteiger partial charge in [-0.25, -0.2) is 4.79 Å². The molecular weight excluding hydrogens is 324 g/mol. The molecule has 0 spiro atoms. The van der Waals surface area contributed by atoms with Crippen molar-refractivity contribution in [1.29, 1.82) is 0 Å². The summed E-state index contributed by atoms with van der Waals surface area (Å²) in [6.07, 6.45) is 0. The van der Waals surface area contributed by atoms with E-state index in [1.807, 2.05) is 13.0 Å². The van der Waals surface area contributed by atoms with Crippen molar-refractivity contribution in [3.05, 3.63) is 55.6 Å². The minimum Gasteiger partial charge on any atom is -0.463 e. The molecule has 2 heterocycles. The summed E-state index contributed by atoms with van der Waals surface area (Å²) in [7, 11) is 0. The lowest BCUT2D eigenvalue weighted by Gasteiger charge is -2.18. The Hall–Kier alpha value is -1.52. The average Bonchev–Trinajstić information content (AvgIpc) is 2.96. The molecule has 0 N–H and O–H groups in total. The van der Waals surface area contributed by atoms with Gasteiger partial charge in [0, 0.05) is 20.4 Å². The van der Waals surface area contributed by atoms with E-state index in [1.54, 1.807) is 23.1 Å². The number of carbonyl (C=O) groups is 1. The molecule has 0 saturated carbocycles. The molecule has 0 fully saturated rings. The molecule has 0 unspecified atom stereocenters. The van der Waals surface area contributed by atoms with Gasteiger partial charge >= 0.3 is 5.97 Å². The fraction of sp³-hybridized carbons (Fsp3) is 0.316. The van der Waals surface area contributed by atoms with E-state index in [9.17, 15) is 4.79 Å². The van der Waals surface area contributed by atoms with E-state index >= 15 is 0 Å². The van der Waals surface area contributed by atoms with Crippen molar-refractivity contribution >= 4 is 39.5 Å². The largest absolute Gasteiger partial charge is 0.463 e. The first-order valence-electron chi connectivity index (χ1n) is 7.72. The van der Waals surface area contributed by atoms with Crippen molar-refractivity contribution in [1.82, 2.24) is 0 Å². The van der Waals surface area contributed by atoms with Crippen LogP contribution in [0.3, 0.4) is 0 Å². The molecule has 1 aliphatic rings. The molecule has 4 heteroatoms. The molecule has 0 atom stereocenters. The average molecular weight is 345 g/mol. The second kappa shape index (κ2) is 6.54. The molecule has 1 aliphatic heterocycles. The number of esters is 1. The lowest BCUT2D eigenvalue weighted by atomic mass is 9.99. The second-order valence-electron chi connectivity index (χ2n) is 5.75. The third kappa shape index (κ3) is 2.98. The predicted molar refractivity (Wildman–Crippen MR) is 99.2 cm³/mol. The summed E-state index contributed by atoms with van der Waals surface area (Å²) in [5.74, 6) is 0.487. The van der Waals surface area contributed by atoms with Crippen LogP contribution in [0.15, 0.2) is 23.6 Å². The number of benzene rings is 1. The predicted octanol–water partition coefficient (Wildman–Crippen LogP) is 3.29. The van der Waals surface area contributed by atoms with E-state index in [-0.39, 0.29) is 5.97 Å². The van der Waals surface area contributed by atoms with Crippen LogP contribution in [0.2, 0.25) is 0 Å². The maximum absolute atomic E-state index is 12.2. The number of hydrogen-bond donors (Lipinski definition) is 0. The van der Waals surface area contributed by atoms with Gasteiger partial charge in [0.1, 0.15) is 0 Å². The molecule has 0 bridgehead atoms. The van der Waals surface area contributed by atoms with Crippen molar-refractivity contribution in [2.75, 3.05) is 12.4 Å².